The summed E-state index contributed by atoms with van der Waals surface area (Å²) in [7, 11) is 0. The van der Waals surface area contributed by atoms with E-state index >= 15 is 0 Å². The molecule has 0 spiro atoms. The number of hydrogen-bond donors (Lipinski definition) is 3. The number of rotatable bonds is 5. The topological polar surface area (TPSA) is 88.9 Å². The molecule has 0 radical (unpaired) electrons. The van der Waals surface area contributed by atoms with Crippen LogP contribution >= 0.6 is 0 Å². The highest BCUT2D eigenvalue weighted by molar-refractivity contribution is 5.96. The third-order valence-electron chi connectivity index (χ3n) is 5.11. The normalized spacial score (nSPS) is 25.8. The van der Waals surface area contributed by atoms with Crippen LogP contribution in [0.1, 0.15) is 52.4 Å². The van der Waals surface area contributed by atoms with E-state index in [1.807, 2.05) is 0 Å². The molecule has 1 aliphatic heterocycles. The first kappa shape index (κ1) is 18.7. The molecule has 7 nitrogen and oxygen atoms in total. The Labute approximate surface area is 143 Å². The Kier molecular flexibility index (Phi) is 7.02. The van der Waals surface area contributed by atoms with Gasteiger partial charge in [-0.25, -0.2) is 4.79 Å². The second kappa shape index (κ2) is 9.01. The van der Waals surface area contributed by atoms with Crippen LogP contribution in [0.3, 0.4) is 0 Å². The van der Waals surface area contributed by atoms with Gasteiger partial charge in [0.2, 0.25) is 0 Å². The van der Waals surface area contributed by atoms with E-state index in [4.69, 9.17) is 4.74 Å². The van der Waals surface area contributed by atoms with Crippen LogP contribution in [0.4, 0.5) is 4.79 Å². The van der Waals surface area contributed by atoms with E-state index in [9.17, 15) is 14.4 Å². The van der Waals surface area contributed by atoms with Gasteiger partial charge in [0, 0.05) is 6.04 Å². The number of amides is 3. The molecule has 1 saturated heterocycles. The smallest absolute Gasteiger partial charge is 0.321 e. The largest absolute Gasteiger partial charge is 0.466 e. The predicted molar refractivity (Wildman–Crippen MR) is 88.4 cm³/mol. The molecule has 136 valence electrons. The summed E-state index contributed by atoms with van der Waals surface area (Å²) < 4.78 is 5.09. The van der Waals surface area contributed by atoms with E-state index in [0.29, 0.717) is 13.2 Å². The molecule has 1 aliphatic carbocycles. The molecule has 3 amide bonds. The second-order valence-corrected chi connectivity index (χ2v) is 6.87. The summed E-state index contributed by atoms with van der Waals surface area (Å²) in [6, 6.07) is -0.586. The van der Waals surface area contributed by atoms with Crippen molar-refractivity contribution in [2.75, 3.05) is 19.7 Å². The van der Waals surface area contributed by atoms with Gasteiger partial charge in [0.25, 0.3) is 5.91 Å². The highest BCUT2D eigenvalue weighted by Gasteiger charge is 2.35. The summed E-state index contributed by atoms with van der Waals surface area (Å²) >= 11 is 0. The monoisotopic (exact) mass is 340 g/mol. The first-order valence-corrected chi connectivity index (χ1v) is 9.13. The zero-order chi connectivity index (χ0) is 17.5. The van der Waals surface area contributed by atoms with Crippen LogP contribution in [0.5, 0.6) is 0 Å². The zero-order valence-corrected chi connectivity index (χ0v) is 14.7. The van der Waals surface area contributed by atoms with Gasteiger partial charge in [-0.1, -0.05) is 12.8 Å². The van der Waals surface area contributed by atoms with E-state index in [1.165, 1.54) is 0 Å². The van der Waals surface area contributed by atoms with Crippen molar-refractivity contribution < 1.29 is 24.0 Å². The van der Waals surface area contributed by atoms with Gasteiger partial charge in [-0.3, -0.25) is 14.9 Å². The summed E-state index contributed by atoms with van der Waals surface area (Å²) in [5.41, 5.74) is 0. The van der Waals surface area contributed by atoms with Crippen LogP contribution in [0.2, 0.25) is 0 Å². The Morgan fingerprint density at radius 2 is 1.88 bits per heavy atom. The summed E-state index contributed by atoms with van der Waals surface area (Å²) in [6.07, 6.45) is 5.90. The Balaban J connectivity index is 1.80. The number of urea groups is 1. The minimum absolute atomic E-state index is 0.156. The predicted octanol–water partition coefficient (Wildman–Crippen LogP) is 0.00130. The van der Waals surface area contributed by atoms with Crippen molar-refractivity contribution in [3.05, 3.63) is 0 Å². The third kappa shape index (κ3) is 5.19. The average Bonchev–Trinajstić information content (AvgIpc) is 3.07. The molecule has 7 heteroatoms. The number of imide groups is 1. The van der Waals surface area contributed by atoms with E-state index in [0.717, 1.165) is 50.0 Å². The number of piperidine rings is 1. The zero-order valence-electron chi connectivity index (χ0n) is 14.7. The van der Waals surface area contributed by atoms with Gasteiger partial charge in [0.1, 0.15) is 5.92 Å². The Hall–Kier alpha value is -1.63. The van der Waals surface area contributed by atoms with Crippen LogP contribution in [-0.2, 0) is 14.3 Å². The van der Waals surface area contributed by atoms with Crippen LogP contribution in [-0.4, -0.2) is 49.7 Å². The molecule has 1 heterocycles. The van der Waals surface area contributed by atoms with Gasteiger partial charge in [-0.15, -0.1) is 0 Å². The molecule has 0 aromatic heterocycles. The maximum absolute atomic E-state index is 12.3. The Bertz CT molecular complexity index is 463. The highest BCUT2D eigenvalue weighted by Crippen LogP contribution is 2.17. The average molecular weight is 340 g/mol. The maximum atomic E-state index is 12.3. The van der Waals surface area contributed by atoms with Gasteiger partial charge in [0.05, 0.1) is 19.7 Å². The molecule has 0 aromatic rings. The van der Waals surface area contributed by atoms with Gasteiger partial charge < -0.3 is 15.0 Å². The van der Waals surface area contributed by atoms with Gasteiger partial charge >= 0.3 is 12.0 Å². The van der Waals surface area contributed by atoms with E-state index in [-0.39, 0.29) is 29.9 Å². The van der Waals surface area contributed by atoms with Gasteiger partial charge in [-0.05, 0) is 39.5 Å². The van der Waals surface area contributed by atoms with Crippen molar-refractivity contribution in [3.8, 4) is 0 Å². The summed E-state index contributed by atoms with van der Waals surface area (Å²) in [6.45, 7) is 5.39. The quantitative estimate of drug-likeness (QED) is 0.615. The van der Waals surface area contributed by atoms with Gasteiger partial charge in [-0.2, -0.15) is 0 Å². The standard InChI is InChI=1S/C17H29N3O4/c1-3-24-16(22)13-7-6-10-20(11-13)12(2)15(21)19-17(23)18-14-8-4-5-9-14/h12-14H,3-11H2,1-2H3,(H2,18,19,21,23)/p+1/t12-,13+/m0/s1. The molecule has 3 N–H and O–H groups in total. The molecular weight excluding hydrogens is 310 g/mol. The second-order valence-electron chi connectivity index (χ2n) is 6.87. The highest BCUT2D eigenvalue weighted by atomic mass is 16.5. The van der Waals surface area contributed by atoms with Crippen LogP contribution in [0, 0.1) is 5.92 Å². The fourth-order valence-electron chi connectivity index (χ4n) is 3.65. The number of nitrogens with one attached hydrogen (secondary N) is 3. The van der Waals surface area contributed by atoms with Crippen molar-refractivity contribution in [1.82, 2.24) is 10.6 Å². The first-order valence-electron chi connectivity index (χ1n) is 9.13. The van der Waals surface area contributed by atoms with E-state index in [2.05, 4.69) is 10.6 Å². The number of esters is 1. The number of hydrogen-bond acceptors (Lipinski definition) is 4. The molecule has 1 unspecified atom stereocenters. The third-order valence-corrected chi connectivity index (χ3v) is 5.11. The number of ether oxygens (including phenoxy) is 1. The van der Waals surface area contributed by atoms with Crippen molar-refractivity contribution in [1.29, 1.82) is 0 Å². The van der Waals surface area contributed by atoms with Crippen LogP contribution < -0.4 is 15.5 Å². The summed E-state index contributed by atoms with van der Waals surface area (Å²) in [4.78, 5) is 37.2. The minimum atomic E-state index is -0.405. The Morgan fingerprint density at radius 3 is 2.54 bits per heavy atom. The minimum Gasteiger partial charge on any atom is -0.466 e. The molecule has 0 bridgehead atoms. The lowest BCUT2D eigenvalue weighted by molar-refractivity contribution is -0.921. The molecular formula is C17H30N3O4+. The lowest BCUT2D eigenvalue weighted by Gasteiger charge is -2.32. The fourth-order valence-corrected chi connectivity index (χ4v) is 3.65. The number of carbonyl (C=O) groups is 3. The van der Waals surface area contributed by atoms with Crippen molar-refractivity contribution in [2.45, 2.75) is 64.5 Å². The van der Waals surface area contributed by atoms with Crippen LogP contribution in [0.15, 0.2) is 0 Å². The fraction of sp³-hybridized carbons (Fsp3) is 0.824. The van der Waals surface area contributed by atoms with Crippen LogP contribution in [0.25, 0.3) is 0 Å². The van der Waals surface area contributed by atoms with E-state index < -0.39 is 6.03 Å². The molecule has 2 fully saturated rings. The molecule has 2 rings (SSSR count). The van der Waals surface area contributed by atoms with Crippen molar-refractivity contribution >= 4 is 17.9 Å². The molecule has 2 aliphatic rings. The number of likely N-dealkylation sites (tertiary alicyclic amines) is 1. The molecule has 1 saturated carbocycles. The lowest BCUT2D eigenvalue weighted by Crippen LogP contribution is -3.18. The Morgan fingerprint density at radius 1 is 1.17 bits per heavy atom. The van der Waals surface area contributed by atoms with Crippen molar-refractivity contribution in [3.63, 3.8) is 0 Å². The van der Waals surface area contributed by atoms with Crippen molar-refractivity contribution in [2.24, 2.45) is 5.92 Å². The van der Waals surface area contributed by atoms with Gasteiger partial charge in [0.15, 0.2) is 6.04 Å². The maximum Gasteiger partial charge on any atom is 0.321 e. The summed E-state index contributed by atoms with van der Waals surface area (Å²) in [5, 5.41) is 5.30. The number of carbonyl (C=O) groups excluding carboxylic acids is 3. The SMILES string of the molecule is CCOC(=O)[C@@H]1CCC[NH+]([C@@H](C)C(=O)NC(=O)NC2CCCC2)C1. The molecule has 0 aromatic carbocycles. The molecule has 3 atom stereocenters. The lowest BCUT2D eigenvalue weighted by atomic mass is 9.97. The molecule has 24 heavy (non-hydrogen) atoms. The summed E-state index contributed by atoms with van der Waals surface area (Å²) in [5.74, 6) is -0.623. The van der Waals surface area contributed by atoms with E-state index in [1.54, 1.807) is 13.8 Å². The number of quaternary nitrogens is 1. The first-order chi connectivity index (χ1) is 11.5.